The van der Waals surface area contributed by atoms with Gasteiger partial charge in [0.15, 0.2) is 0 Å². The van der Waals surface area contributed by atoms with Gasteiger partial charge in [-0.15, -0.1) is 0 Å². The van der Waals surface area contributed by atoms with Gasteiger partial charge in [-0.05, 0) is 132 Å². The van der Waals surface area contributed by atoms with Crippen LogP contribution >= 0.6 is 0 Å². The molecule has 4 aliphatic heterocycles. The van der Waals surface area contributed by atoms with E-state index in [1.54, 1.807) is 0 Å². The Labute approximate surface area is 425 Å². The Balaban J connectivity index is 1.06. The first kappa shape index (κ1) is 42.5. The van der Waals surface area contributed by atoms with E-state index in [0.717, 1.165) is 145 Å². The van der Waals surface area contributed by atoms with Gasteiger partial charge in [0.2, 0.25) is 0 Å². The molecule has 6 aromatic heterocycles. The van der Waals surface area contributed by atoms with Crippen molar-refractivity contribution in [3.8, 4) is 56.3 Å². The average Bonchev–Trinajstić information content (AvgIpc) is 4.29. The number of fused-ring (bicyclic) bond motifs is 16. The van der Waals surface area contributed by atoms with Crippen LogP contribution in [-0.2, 0) is 0 Å². The Morgan fingerprint density at radius 2 is 0.554 bits per heavy atom. The second-order valence-electron chi connectivity index (χ2n) is 18.4. The van der Waals surface area contributed by atoms with E-state index >= 15 is 0 Å². The van der Waals surface area contributed by atoms with Gasteiger partial charge < -0.3 is 19.9 Å². The van der Waals surface area contributed by atoms with Crippen LogP contribution in [0, 0.1) is 11.8 Å². The lowest BCUT2D eigenvalue weighted by molar-refractivity contribution is 1.30. The zero-order valence-electron chi connectivity index (χ0n) is 39.7. The van der Waals surface area contributed by atoms with Crippen LogP contribution in [0.1, 0.15) is 56.7 Å². The highest BCUT2D eigenvalue weighted by molar-refractivity contribution is 5.98. The quantitative estimate of drug-likeness (QED) is 0.132. The Kier molecular flexibility index (Phi) is 10.2. The first-order valence-electron chi connectivity index (χ1n) is 24.6. The van der Waals surface area contributed by atoms with E-state index in [4.69, 9.17) is 19.9 Å². The molecule has 4 N–H and O–H groups in total. The van der Waals surface area contributed by atoms with Gasteiger partial charge >= 0.3 is 0 Å². The molecule has 346 valence electrons. The highest BCUT2D eigenvalue weighted by Crippen LogP contribution is 2.36. The smallest absolute Gasteiger partial charge is 0.0815 e. The number of benzene rings is 4. The summed E-state index contributed by atoms with van der Waals surface area (Å²) >= 11 is 0. The number of hydrogen-bond donors (Lipinski definition) is 4. The summed E-state index contributed by atoms with van der Waals surface area (Å²) in [6.07, 6.45) is 16.6. The molecule has 4 aliphatic rings. The summed E-state index contributed by atoms with van der Waals surface area (Å²) in [5.41, 5.74) is 23.3. The Bertz CT molecular complexity index is 4420. The molecule has 0 aliphatic carbocycles. The summed E-state index contributed by atoms with van der Waals surface area (Å²) < 4.78 is 0. The molecule has 74 heavy (non-hydrogen) atoms. The molecule has 8 heteroatoms. The van der Waals surface area contributed by atoms with E-state index in [1.165, 1.54) is 0 Å². The van der Waals surface area contributed by atoms with Gasteiger partial charge in [0.05, 0.1) is 67.7 Å². The van der Waals surface area contributed by atoms with Crippen molar-refractivity contribution in [3.63, 3.8) is 0 Å². The normalized spacial score (nSPS) is 12.3. The summed E-state index contributed by atoms with van der Waals surface area (Å²) in [5.74, 6) is 7.39. The van der Waals surface area contributed by atoms with Crippen LogP contribution in [0.3, 0.4) is 0 Å². The molecule has 0 atom stereocenters. The number of hydrogen-bond acceptors (Lipinski definition) is 4. The second kappa shape index (κ2) is 17.8. The summed E-state index contributed by atoms with van der Waals surface area (Å²) in [6, 6.07) is 62.7. The summed E-state index contributed by atoms with van der Waals surface area (Å²) in [7, 11) is 0. The van der Waals surface area contributed by atoms with Crippen LogP contribution in [0.5, 0.6) is 0 Å². The molecule has 14 rings (SSSR count). The van der Waals surface area contributed by atoms with Crippen LogP contribution in [0.25, 0.3) is 137 Å². The van der Waals surface area contributed by atoms with Crippen molar-refractivity contribution >= 4 is 92.7 Å². The molecule has 0 spiro atoms. The Morgan fingerprint density at radius 3 is 0.986 bits per heavy atom. The predicted molar refractivity (Wildman–Crippen MR) is 305 cm³/mol. The molecule has 16 bridgehead atoms. The maximum Gasteiger partial charge on any atom is 0.0815 e. The van der Waals surface area contributed by atoms with Crippen molar-refractivity contribution < 1.29 is 0 Å². The van der Waals surface area contributed by atoms with Crippen LogP contribution < -0.4 is 0 Å². The van der Waals surface area contributed by atoms with E-state index in [0.29, 0.717) is 0 Å². The fourth-order valence-corrected chi connectivity index (χ4v) is 10.3. The van der Waals surface area contributed by atoms with Crippen LogP contribution in [0.4, 0.5) is 0 Å². The van der Waals surface area contributed by atoms with Crippen LogP contribution in [-0.4, -0.2) is 39.9 Å². The molecule has 4 aromatic carbocycles. The van der Waals surface area contributed by atoms with Crippen LogP contribution in [0.15, 0.2) is 182 Å². The van der Waals surface area contributed by atoms with Gasteiger partial charge in [-0.1, -0.05) is 133 Å². The van der Waals surface area contributed by atoms with Gasteiger partial charge in [-0.2, -0.15) is 0 Å². The molecule has 0 saturated carbocycles. The van der Waals surface area contributed by atoms with Gasteiger partial charge in [0, 0.05) is 55.4 Å². The fraction of sp³-hybridized carbons (Fsp3) is 0. The third-order valence-corrected chi connectivity index (χ3v) is 13.7. The fourth-order valence-electron chi connectivity index (χ4n) is 10.3. The third-order valence-electron chi connectivity index (χ3n) is 13.7. The lowest BCUT2D eigenvalue weighted by Crippen LogP contribution is -1.90. The molecular weight excluding hydrogens is 905 g/mol. The van der Waals surface area contributed by atoms with Gasteiger partial charge in [0.25, 0.3) is 0 Å². The minimum absolute atomic E-state index is 0.727. The number of aromatic nitrogens is 8. The molecule has 10 aromatic rings. The SMILES string of the molecule is C(#Cc1c2nc(c(-c3ccccc3)c3ccc(cc4nc(c(-c5ccccc5)c5ccc1[nH]5)C=C4)[nH]3)C=C2)c1c2nc(c(-c3ccccc3)c3ccc([nH]3)c(-c3ccccc3)c3nc(cc4ccc1[nH]4)C=C3)C=C2. The Morgan fingerprint density at radius 1 is 0.257 bits per heavy atom. The van der Waals surface area contributed by atoms with Crippen molar-refractivity contribution in [1.82, 2.24) is 39.9 Å². The largest absolute Gasteiger partial charge is 0.355 e. The second-order valence-corrected chi connectivity index (χ2v) is 18.4. The first-order chi connectivity index (χ1) is 36.6. The zero-order valence-corrected chi connectivity index (χ0v) is 39.7. The third kappa shape index (κ3) is 7.78. The highest BCUT2D eigenvalue weighted by atomic mass is 14.8. The van der Waals surface area contributed by atoms with Crippen molar-refractivity contribution in [1.29, 1.82) is 0 Å². The van der Waals surface area contributed by atoms with E-state index in [1.807, 2.05) is 24.3 Å². The maximum atomic E-state index is 5.45. The van der Waals surface area contributed by atoms with Gasteiger partial charge in [-0.3, -0.25) is 0 Å². The predicted octanol–water partition coefficient (Wildman–Crippen LogP) is 15.7. The standard InChI is InChI=1S/C66H42N8/c1-5-13-41(14-6-1)63-55-28-23-47(69-55)40-48-24-29-56(70-48)64(42-15-7-2-8-16-42)59-35-33-54(73-59)50(53-32-34-58(63)72-53)26-25-49-51-27-21-45(67-51)39-46-22-30-57(68-46)65(43-17-9-3-10-18-43)61-37-38-62(74-61)66(44-19-11-4-12-20-44)60-36-31-52(49)71-60/h1-24,27-40,67,69,73-74H. The Hall–Kier alpha value is -10.4. The summed E-state index contributed by atoms with van der Waals surface area (Å²) in [6.45, 7) is 0. The molecule has 0 unspecified atom stereocenters. The van der Waals surface area contributed by atoms with Crippen molar-refractivity contribution in [3.05, 3.63) is 239 Å². The first-order valence-corrected chi connectivity index (χ1v) is 24.6. The molecule has 10 heterocycles. The van der Waals surface area contributed by atoms with Gasteiger partial charge in [-0.25, -0.2) is 19.9 Å². The van der Waals surface area contributed by atoms with Gasteiger partial charge in [0.1, 0.15) is 0 Å². The van der Waals surface area contributed by atoms with Crippen molar-refractivity contribution in [2.45, 2.75) is 0 Å². The summed E-state index contributed by atoms with van der Waals surface area (Å²) in [4.78, 5) is 36.3. The molecule has 0 fully saturated rings. The lowest BCUT2D eigenvalue weighted by Gasteiger charge is -2.05. The number of nitrogens with one attached hydrogen (secondary N) is 4. The number of H-pyrrole nitrogens is 4. The average molecular weight is 947 g/mol. The minimum Gasteiger partial charge on any atom is -0.355 e. The van der Waals surface area contributed by atoms with Crippen LogP contribution in [0.2, 0.25) is 0 Å². The number of nitrogens with zero attached hydrogens (tertiary/aromatic N) is 4. The number of aromatic amines is 4. The van der Waals surface area contributed by atoms with E-state index < -0.39 is 0 Å². The van der Waals surface area contributed by atoms with Crippen molar-refractivity contribution in [2.24, 2.45) is 0 Å². The zero-order chi connectivity index (χ0) is 49.0. The van der Waals surface area contributed by atoms with E-state index in [2.05, 4.69) is 238 Å². The van der Waals surface area contributed by atoms with E-state index in [-0.39, 0.29) is 0 Å². The molecule has 0 saturated heterocycles. The summed E-state index contributed by atoms with van der Waals surface area (Å²) in [5, 5.41) is 0. The maximum absolute atomic E-state index is 5.45. The monoisotopic (exact) mass is 946 g/mol. The molecular formula is C66H42N8. The minimum atomic E-state index is 0.727. The lowest BCUT2D eigenvalue weighted by atomic mass is 10.0. The van der Waals surface area contributed by atoms with E-state index in [9.17, 15) is 0 Å². The molecule has 0 amide bonds. The molecule has 8 nitrogen and oxygen atoms in total. The highest BCUT2D eigenvalue weighted by Gasteiger charge is 2.18. The van der Waals surface area contributed by atoms with Crippen molar-refractivity contribution in [2.75, 3.05) is 0 Å². The topological polar surface area (TPSA) is 115 Å². The number of rotatable bonds is 4. The molecule has 0 radical (unpaired) electrons.